The molecule has 1 N–H and O–H groups in total. The van der Waals surface area contributed by atoms with Crippen LogP contribution in [0.1, 0.15) is 13.8 Å². The summed E-state index contributed by atoms with van der Waals surface area (Å²) < 4.78 is 0. The normalized spacial score (nSPS) is 10.9. The second-order valence-corrected chi connectivity index (χ2v) is 4.65. The highest BCUT2D eigenvalue weighted by Gasteiger charge is 2.26. The van der Waals surface area contributed by atoms with Crippen LogP contribution < -0.4 is 5.32 Å². The van der Waals surface area contributed by atoms with E-state index in [1.807, 2.05) is 0 Å². The van der Waals surface area contributed by atoms with Crippen LogP contribution in [0.5, 0.6) is 0 Å². The van der Waals surface area contributed by atoms with Gasteiger partial charge in [-0.3, -0.25) is 14.9 Å². The zero-order chi connectivity index (χ0) is 12.3. The number of carbonyl (C=O) groups excluding carboxylic acids is 1. The molecule has 0 aliphatic heterocycles. The summed E-state index contributed by atoms with van der Waals surface area (Å²) >= 11 is 5.78. The number of benzene rings is 1. The number of carbonyl (C=O) groups is 1. The molecule has 0 unspecified atom stereocenters. The molecule has 0 saturated carbocycles. The van der Waals surface area contributed by atoms with Gasteiger partial charge in [0.1, 0.15) is 10.6 Å². The van der Waals surface area contributed by atoms with Crippen molar-refractivity contribution < 1.29 is 9.72 Å². The Morgan fingerprint density at radius 3 is 2.50 bits per heavy atom. The maximum absolute atomic E-state index is 11.5. The van der Waals surface area contributed by atoms with Gasteiger partial charge in [-0.1, -0.05) is 12.1 Å². The number of nitrogens with one attached hydrogen (secondary N) is 1. The Labute approximate surface area is 97.6 Å². The minimum atomic E-state index is -1.11. The highest BCUT2D eigenvalue weighted by molar-refractivity contribution is 6.36. The summed E-state index contributed by atoms with van der Waals surface area (Å²) in [5.41, 5.74) is -0.0111. The lowest BCUT2D eigenvalue weighted by Crippen LogP contribution is -2.31. The van der Waals surface area contributed by atoms with E-state index in [2.05, 4.69) is 5.32 Å². The molecule has 16 heavy (non-hydrogen) atoms. The first kappa shape index (κ1) is 12.4. The van der Waals surface area contributed by atoms with Gasteiger partial charge >= 0.3 is 0 Å². The van der Waals surface area contributed by atoms with E-state index >= 15 is 0 Å². The first-order chi connectivity index (χ1) is 7.32. The largest absolute Gasteiger partial charge is 0.319 e. The molecular weight excluding hydrogens is 232 g/mol. The first-order valence-corrected chi connectivity index (χ1v) is 4.94. The fourth-order valence-electron chi connectivity index (χ4n) is 1.01. The van der Waals surface area contributed by atoms with E-state index in [9.17, 15) is 14.9 Å². The van der Waals surface area contributed by atoms with Crippen LogP contribution in [0.4, 0.5) is 11.4 Å². The molecule has 0 radical (unpaired) electrons. The number of nitro benzene ring substituents is 1. The van der Waals surface area contributed by atoms with E-state index in [1.54, 1.807) is 6.07 Å². The van der Waals surface area contributed by atoms with E-state index < -0.39 is 15.7 Å². The van der Waals surface area contributed by atoms with Crippen LogP contribution in [0.2, 0.25) is 0 Å². The molecule has 0 aliphatic carbocycles. The molecule has 5 nitrogen and oxygen atoms in total. The standard InChI is InChI=1S/C10H11ClN2O3/c1-10(2,11)9(14)12-7-5-3-4-6-8(7)13(15)16/h3-6H,1-2H3,(H,12,14). The van der Waals surface area contributed by atoms with Crippen molar-refractivity contribution in [3.63, 3.8) is 0 Å². The number of rotatable bonds is 3. The molecule has 0 saturated heterocycles. The third-order valence-electron chi connectivity index (χ3n) is 1.89. The molecule has 0 heterocycles. The smallest absolute Gasteiger partial charge is 0.292 e. The van der Waals surface area contributed by atoms with Gasteiger partial charge in [0.2, 0.25) is 5.91 Å². The molecular formula is C10H11ClN2O3. The number of anilines is 1. The Bertz CT molecular complexity index is 426. The van der Waals surface area contributed by atoms with Crippen molar-refractivity contribution in [1.82, 2.24) is 0 Å². The van der Waals surface area contributed by atoms with Crippen LogP contribution in [0.3, 0.4) is 0 Å². The average molecular weight is 243 g/mol. The van der Waals surface area contributed by atoms with Crippen LogP contribution in [0.25, 0.3) is 0 Å². The lowest BCUT2D eigenvalue weighted by Gasteiger charge is -2.15. The maximum atomic E-state index is 11.5. The number of para-hydroxylation sites is 2. The van der Waals surface area contributed by atoms with Crippen LogP contribution in [-0.4, -0.2) is 15.7 Å². The molecule has 1 aromatic rings. The van der Waals surface area contributed by atoms with Gasteiger partial charge in [0, 0.05) is 6.07 Å². The monoisotopic (exact) mass is 242 g/mol. The lowest BCUT2D eigenvalue weighted by molar-refractivity contribution is -0.383. The van der Waals surface area contributed by atoms with Crippen molar-refractivity contribution in [2.75, 3.05) is 5.32 Å². The lowest BCUT2D eigenvalue weighted by atomic mass is 10.2. The van der Waals surface area contributed by atoms with Crippen LogP contribution in [0, 0.1) is 10.1 Å². The van der Waals surface area contributed by atoms with E-state index in [4.69, 9.17) is 11.6 Å². The summed E-state index contributed by atoms with van der Waals surface area (Å²) in [7, 11) is 0. The number of nitro groups is 1. The van der Waals surface area contributed by atoms with Gasteiger partial charge in [-0.15, -0.1) is 11.6 Å². The van der Waals surface area contributed by atoms with Gasteiger partial charge < -0.3 is 5.32 Å². The predicted octanol–water partition coefficient (Wildman–Crippen LogP) is 2.55. The second-order valence-electron chi connectivity index (χ2n) is 3.70. The minimum Gasteiger partial charge on any atom is -0.319 e. The van der Waals surface area contributed by atoms with Crippen LogP contribution in [-0.2, 0) is 4.79 Å². The molecule has 86 valence electrons. The first-order valence-electron chi connectivity index (χ1n) is 4.56. The van der Waals surface area contributed by atoms with Crippen molar-refractivity contribution >= 4 is 28.9 Å². The Morgan fingerprint density at radius 1 is 1.44 bits per heavy atom. The Hall–Kier alpha value is -1.62. The number of nitrogens with zero attached hydrogens (tertiary/aromatic N) is 1. The van der Waals surface area contributed by atoms with Crippen LogP contribution in [0.15, 0.2) is 24.3 Å². The van der Waals surface area contributed by atoms with Gasteiger partial charge in [-0.2, -0.15) is 0 Å². The summed E-state index contributed by atoms with van der Waals surface area (Å²) in [5, 5.41) is 13.1. The van der Waals surface area contributed by atoms with Gasteiger partial charge in [-0.05, 0) is 19.9 Å². The number of hydrogen-bond donors (Lipinski definition) is 1. The number of alkyl halides is 1. The van der Waals surface area contributed by atoms with Crippen molar-refractivity contribution in [2.24, 2.45) is 0 Å². The quantitative estimate of drug-likeness (QED) is 0.503. The van der Waals surface area contributed by atoms with E-state index in [1.165, 1.54) is 32.0 Å². The molecule has 1 rings (SSSR count). The van der Waals surface area contributed by atoms with Gasteiger partial charge in [-0.25, -0.2) is 0 Å². The van der Waals surface area contributed by atoms with Crippen molar-refractivity contribution in [3.8, 4) is 0 Å². The molecule has 1 aromatic carbocycles. The molecule has 0 aliphatic rings. The molecule has 0 aromatic heterocycles. The fraction of sp³-hybridized carbons (Fsp3) is 0.300. The van der Waals surface area contributed by atoms with Gasteiger partial charge in [0.05, 0.1) is 4.92 Å². The third-order valence-corrected chi connectivity index (χ3v) is 2.06. The van der Waals surface area contributed by atoms with Gasteiger partial charge in [0.15, 0.2) is 0 Å². The molecule has 6 heteroatoms. The molecule has 0 spiro atoms. The van der Waals surface area contributed by atoms with E-state index in [-0.39, 0.29) is 11.4 Å². The molecule has 0 atom stereocenters. The van der Waals surface area contributed by atoms with E-state index in [0.29, 0.717) is 0 Å². The minimum absolute atomic E-state index is 0.145. The summed E-state index contributed by atoms with van der Waals surface area (Å²) in [4.78, 5) is 20.6. The summed E-state index contributed by atoms with van der Waals surface area (Å²) in [6.45, 7) is 3.03. The average Bonchev–Trinajstić information content (AvgIpc) is 2.16. The highest BCUT2D eigenvalue weighted by atomic mass is 35.5. The molecule has 0 fully saturated rings. The number of halogens is 1. The summed E-state index contributed by atoms with van der Waals surface area (Å²) in [5.74, 6) is -0.483. The van der Waals surface area contributed by atoms with Gasteiger partial charge in [0.25, 0.3) is 5.69 Å². The van der Waals surface area contributed by atoms with Crippen LogP contribution >= 0.6 is 11.6 Å². The summed E-state index contributed by atoms with van der Waals surface area (Å²) in [6.07, 6.45) is 0. The predicted molar refractivity (Wildman–Crippen MR) is 61.7 cm³/mol. The fourth-order valence-corrected chi connectivity index (χ4v) is 1.06. The number of hydrogen-bond acceptors (Lipinski definition) is 3. The third kappa shape index (κ3) is 2.93. The topological polar surface area (TPSA) is 72.2 Å². The SMILES string of the molecule is CC(C)(Cl)C(=O)Nc1ccccc1[N+](=O)[O-]. The Morgan fingerprint density at radius 2 is 2.00 bits per heavy atom. The van der Waals surface area contributed by atoms with Crippen molar-refractivity contribution in [3.05, 3.63) is 34.4 Å². The molecule has 1 amide bonds. The highest BCUT2D eigenvalue weighted by Crippen LogP contribution is 2.25. The Balaban J connectivity index is 2.98. The maximum Gasteiger partial charge on any atom is 0.292 e. The van der Waals surface area contributed by atoms with Crippen molar-refractivity contribution in [2.45, 2.75) is 18.7 Å². The number of amides is 1. The zero-order valence-corrected chi connectivity index (χ0v) is 9.62. The van der Waals surface area contributed by atoms with E-state index in [0.717, 1.165) is 0 Å². The second kappa shape index (κ2) is 4.49. The summed E-state index contributed by atoms with van der Waals surface area (Å²) in [6, 6.07) is 5.90. The Kier molecular flexibility index (Phi) is 3.49. The molecule has 0 bridgehead atoms. The van der Waals surface area contributed by atoms with Crippen molar-refractivity contribution in [1.29, 1.82) is 0 Å². The zero-order valence-electron chi connectivity index (χ0n) is 8.86.